The van der Waals surface area contributed by atoms with Gasteiger partial charge < -0.3 is 20.7 Å². The Labute approximate surface area is 164 Å². The number of aliphatic hydroxyl groups excluding tert-OH is 1. The first-order chi connectivity index (χ1) is 12.5. The molecule has 146 valence electrons. The number of carbonyl (C=O) groups excluding carboxylic acids is 1. The van der Waals surface area contributed by atoms with Crippen molar-refractivity contribution in [3.05, 3.63) is 64.7 Å². The standard InChI is InChI=1S/C21H26ClNO4/c1-20(2,3)21(27-19(23)26,12-14-7-9-17(24)10-8-14)13-18(25)15-5-4-6-16(22)11-15/h4-11,18,24-25H,12-13H2,1-3H3,(H2,23,26)/t18-,21?/m1/s1. The molecule has 5 nitrogen and oxygen atoms in total. The van der Waals surface area contributed by atoms with Gasteiger partial charge in [0.15, 0.2) is 0 Å². The van der Waals surface area contributed by atoms with E-state index in [1.165, 1.54) is 0 Å². The molecule has 0 aliphatic heterocycles. The van der Waals surface area contributed by atoms with Crippen molar-refractivity contribution < 1.29 is 19.7 Å². The van der Waals surface area contributed by atoms with Crippen LogP contribution in [-0.2, 0) is 11.2 Å². The minimum absolute atomic E-state index is 0.140. The zero-order chi connectivity index (χ0) is 20.2. The van der Waals surface area contributed by atoms with Crippen LogP contribution in [0.5, 0.6) is 5.75 Å². The van der Waals surface area contributed by atoms with Crippen LogP contribution in [0.1, 0.15) is 44.4 Å². The lowest BCUT2D eigenvalue weighted by Gasteiger charge is -2.45. The second kappa shape index (κ2) is 8.19. The molecule has 2 aromatic rings. The van der Waals surface area contributed by atoms with Gasteiger partial charge in [-0.1, -0.05) is 56.6 Å². The Morgan fingerprint density at radius 2 is 1.81 bits per heavy atom. The van der Waals surface area contributed by atoms with Crippen molar-refractivity contribution in [2.45, 2.75) is 45.3 Å². The zero-order valence-electron chi connectivity index (χ0n) is 15.8. The Morgan fingerprint density at radius 3 is 2.33 bits per heavy atom. The van der Waals surface area contributed by atoms with E-state index >= 15 is 0 Å². The normalized spacial score (nSPS) is 15.0. The van der Waals surface area contributed by atoms with Gasteiger partial charge in [0, 0.05) is 23.3 Å². The third kappa shape index (κ3) is 5.37. The molecule has 27 heavy (non-hydrogen) atoms. The first-order valence-electron chi connectivity index (χ1n) is 8.72. The molecule has 2 rings (SSSR count). The molecule has 4 N–H and O–H groups in total. The van der Waals surface area contributed by atoms with Crippen molar-refractivity contribution in [2.24, 2.45) is 11.1 Å². The second-order valence-corrected chi connectivity index (χ2v) is 8.22. The van der Waals surface area contributed by atoms with Gasteiger partial charge in [-0.3, -0.25) is 0 Å². The highest BCUT2D eigenvalue weighted by Crippen LogP contribution is 2.43. The molecule has 0 aromatic heterocycles. The fourth-order valence-electron chi connectivity index (χ4n) is 3.15. The van der Waals surface area contributed by atoms with E-state index in [0.717, 1.165) is 5.56 Å². The molecular formula is C21H26ClNO4. The van der Waals surface area contributed by atoms with Crippen LogP contribution in [0.15, 0.2) is 48.5 Å². The largest absolute Gasteiger partial charge is 0.508 e. The molecule has 0 fully saturated rings. The predicted molar refractivity (Wildman–Crippen MR) is 106 cm³/mol. The number of nitrogens with two attached hydrogens (primary N) is 1. The maximum atomic E-state index is 11.7. The number of phenols is 1. The van der Waals surface area contributed by atoms with Gasteiger partial charge >= 0.3 is 6.09 Å². The van der Waals surface area contributed by atoms with Crippen LogP contribution in [0.2, 0.25) is 5.02 Å². The van der Waals surface area contributed by atoms with E-state index in [4.69, 9.17) is 22.1 Å². The van der Waals surface area contributed by atoms with Gasteiger partial charge in [-0.05, 0) is 35.4 Å². The SMILES string of the molecule is CC(C)(C)C(Cc1ccc(O)cc1)(C[C@@H](O)c1cccc(Cl)c1)OC(N)=O. The number of ether oxygens (including phenoxy) is 1. The summed E-state index contributed by atoms with van der Waals surface area (Å²) in [6, 6.07) is 13.6. The summed E-state index contributed by atoms with van der Waals surface area (Å²) < 4.78 is 5.64. The fraction of sp³-hybridized carbons (Fsp3) is 0.381. The molecule has 1 amide bonds. The number of hydrogen-bond acceptors (Lipinski definition) is 4. The molecule has 0 saturated carbocycles. The molecule has 6 heteroatoms. The topological polar surface area (TPSA) is 92.8 Å². The van der Waals surface area contributed by atoms with Crippen LogP contribution in [0.4, 0.5) is 4.79 Å². The number of rotatable bonds is 6. The molecule has 2 atom stereocenters. The molecule has 0 aliphatic carbocycles. The molecule has 1 unspecified atom stereocenters. The number of benzene rings is 2. The monoisotopic (exact) mass is 391 g/mol. The van der Waals surface area contributed by atoms with E-state index in [1.807, 2.05) is 20.8 Å². The lowest BCUT2D eigenvalue weighted by molar-refractivity contribution is -0.0931. The lowest BCUT2D eigenvalue weighted by Crippen LogP contribution is -2.51. The van der Waals surface area contributed by atoms with E-state index in [-0.39, 0.29) is 12.2 Å². The van der Waals surface area contributed by atoms with Gasteiger partial charge in [-0.25, -0.2) is 4.79 Å². The quantitative estimate of drug-likeness (QED) is 0.671. The predicted octanol–water partition coefficient (Wildman–Crippen LogP) is 4.59. The Bertz CT molecular complexity index is 786. The van der Waals surface area contributed by atoms with Crippen LogP contribution < -0.4 is 5.73 Å². The fourth-order valence-corrected chi connectivity index (χ4v) is 3.35. The highest BCUT2D eigenvalue weighted by atomic mass is 35.5. The summed E-state index contributed by atoms with van der Waals surface area (Å²) >= 11 is 6.04. The highest BCUT2D eigenvalue weighted by Gasteiger charge is 2.47. The summed E-state index contributed by atoms with van der Waals surface area (Å²) in [5.41, 5.74) is 5.27. The van der Waals surface area contributed by atoms with E-state index in [9.17, 15) is 15.0 Å². The number of halogens is 1. The van der Waals surface area contributed by atoms with Crippen LogP contribution in [0, 0.1) is 5.41 Å². The van der Waals surface area contributed by atoms with Crippen molar-refractivity contribution >= 4 is 17.7 Å². The van der Waals surface area contributed by atoms with Crippen LogP contribution >= 0.6 is 11.6 Å². The molecule has 0 heterocycles. The summed E-state index contributed by atoms with van der Waals surface area (Å²) in [6.45, 7) is 5.79. The van der Waals surface area contributed by atoms with Gasteiger partial charge in [0.1, 0.15) is 11.4 Å². The highest BCUT2D eigenvalue weighted by molar-refractivity contribution is 6.30. The number of hydrogen-bond donors (Lipinski definition) is 3. The van der Waals surface area contributed by atoms with Crippen LogP contribution in [0.25, 0.3) is 0 Å². The average Bonchev–Trinajstić information content (AvgIpc) is 2.55. The van der Waals surface area contributed by atoms with Gasteiger partial charge in [0.05, 0.1) is 6.10 Å². The molecule has 0 radical (unpaired) electrons. The number of carbonyl (C=O) groups is 1. The zero-order valence-corrected chi connectivity index (χ0v) is 16.5. The first kappa shape index (κ1) is 21.1. The van der Waals surface area contributed by atoms with E-state index in [2.05, 4.69) is 0 Å². The average molecular weight is 392 g/mol. The Hall–Kier alpha value is -2.24. The van der Waals surface area contributed by atoms with E-state index in [0.29, 0.717) is 17.0 Å². The van der Waals surface area contributed by atoms with Gasteiger partial charge in [-0.2, -0.15) is 0 Å². The van der Waals surface area contributed by atoms with Gasteiger partial charge in [-0.15, -0.1) is 0 Å². The number of aliphatic hydroxyl groups is 1. The number of phenolic OH excluding ortho intramolecular Hbond substituents is 1. The van der Waals surface area contributed by atoms with Crippen LogP contribution in [0.3, 0.4) is 0 Å². The minimum atomic E-state index is -1.07. The summed E-state index contributed by atoms with van der Waals surface area (Å²) in [7, 11) is 0. The second-order valence-electron chi connectivity index (χ2n) is 7.78. The van der Waals surface area contributed by atoms with Crippen LogP contribution in [-0.4, -0.2) is 21.9 Å². The first-order valence-corrected chi connectivity index (χ1v) is 9.10. The molecule has 0 aliphatic rings. The van der Waals surface area contributed by atoms with Crippen molar-refractivity contribution in [2.75, 3.05) is 0 Å². The third-order valence-corrected chi connectivity index (χ3v) is 5.08. The lowest BCUT2D eigenvalue weighted by atomic mass is 9.69. The molecule has 0 spiro atoms. The van der Waals surface area contributed by atoms with Crippen molar-refractivity contribution in [1.29, 1.82) is 0 Å². The molecule has 0 bridgehead atoms. The maximum Gasteiger partial charge on any atom is 0.405 e. The summed E-state index contributed by atoms with van der Waals surface area (Å²) in [5.74, 6) is 0.148. The Balaban J connectivity index is 2.43. The van der Waals surface area contributed by atoms with Crippen molar-refractivity contribution in [3.63, 3.8) is 0 Å². The maximum absolute atomic E-state index is 11.7. The number of primary amides is 1. The summed E-state index contributed by atoms with van der Waals surface area (Å²) in [4.78, 5) is 11.7. The number of amides is 1. The smallest absolute Gasteiger partial charge is 0.405 e. The summed E-state index contributed by atoms with van der Waals surface area (Å²) in [5, 5.41) is 20.9. The molecule has 2 aromatic carbocycles. The third-order valence-electron chi connectivity index (χ3n) is 4.85. The summed E-state index contributed by atoms with van der Waals surface area (Å²) in [6.07, 6.45) is -1.33. The van der Waals surface area contributed by atoms with Gasteiger partial charge in [0.2, 0.25) is 0 Å². The van der Waals surface area contributed by atoms with Crippen molar-refractivity contribution in [3.8, 4) is 5.75 Å². The van der Waals surface area contributed by atoms with Crippen molar-refractivity contribution in [1.82, 2.24) is 0 Å². The Morgan fingerprint density at radius 1 is 1.19 bits per heavy atom. The van der Waals surface area contributed by atoms with E-state index in [1.54, 1.807) is 48.5 Å². The molecular weight excluding hydrogens is 366 g/mol. The Kier molecular flexibility index (Phi) is 6.39. The van der Waals surface area contributed by atoms with Gasteiger partial charge in [0.25, 0.3) is 0 Å². The minimum Gasteiger partial charge on any atom is -0.508 e. The van der Waals surface area contributed by atoms with E-state index < -0.39 is 23.2 Å². The molecule has 0 saturated heterocycles. The number of aromatic hydroxyl groups is 1.